The quantitative estimate of drug-likeness (QED) is 0.346. The number of nitrogens with zero attached hydrogens (tertiary/aromatic N) is 5. The molecule has 0 radical (unpaired) electrons. The van der Waals surface area contributed by atoms with Crippen molar-refractivity contribution in [1.82, 2.24) is 30.9 Å². The van der Waals surface area contributed by atoms with Gasteiger partial charge in [0.05, 0.1) is 17.9 Å². The van der Waals surface area contributed by atoms with E-state index in [2.05, 4.69) is 35.9 Å². The average Bonchev–Trinajstić information content (AvgIpc) is 3.58. The minimum Gasteiger partial charge on any atom is -0.351 e. The highest BCUT2D eigenvalue weighted by Crippen LogP contribution is 2.30. The molecule has 37 heavy (non-hydrogen) atoms. The van der Waals surface area contributed by atoms with Crippen molar-refractivity contribution in [2.75, 3.05) is 4.90 Å². The second-order valence-corrected chi connectivity index (χ2v) is 8.37. The van der Waals surface area contributed by atoms with Crippen molar-refractivity contribution in [2.24, 2.45) is 4.99 Å². The summed E-state index contributed by atoms with van der Waals surface area (Å²) in [6.45, 7) is -0.0365. The zero-order valence-corrected chi connectivity index (χ0v) is 19.2. The number of carbonyl (C=O) groups is 2. The predicted molar refractivity (Wildman–Crippen MR) is 133 cm³/mol. The fourth-order valence-corrected chi connectivity index (χ4v) is 4.34. The van der Waals surface area contributed by atoms with Crippen LogP contribution >= 0.6 is 0 Å². The number of fused-ring (bicyclic) bond motifs is 2. The smallest absolute Gasteiger partial charge is 0.272 e. The maximum Gasteiger partial charge on any atom is 0.272 e. The van der Waals surface area contributed by atoms with Gasteiger partial charge in [0.15, 0.2) is 5.82 Å². The Labute approximate surface area is 209 Å². The number of aromatic amines is 2. The number of hydrogen-bond donors (Lipinski definition) is 3. The number of benzene rings is 3. The Morgan fingerprint density at radius 2 is 1.76 bits per heavy atom. The lowest BCUT2D eigenvalue weighted by atomic mass is 9.99. The number of tetrazole rings is 1. The predicted octanol–water partition coefficient (Wildman–Crippen LogP) is 2.96. The fraction of sp³-hybridized carbons (Fsp3) is 0.0769. The van der Waals surface area contributed by atoms with Crippen molar-refractivity contribution >= 4 is 34.1 Å². The zero-order valence-electron chi connectivity index (χ0n) is 19.2. The van der Waals surface area contributed by atoms with Gasteiger partial charge < -0.3 is 15.2 Å². The highest BCUT2D eigenvalue weighted by molar-refractivity contribution is 6.20. The molecule has 2 amide bonds. The van der Waals surface area contributed by atoms with E-state index in [0.717, 1.165) is 10.9 Å². The Bertz CT molecular complexity index is 1630. The van der Waals surface area contributed by atoms with Gasteiger partial charge in [-0.3, -0.25) is 9.59 Å². The number of rotatable bonds is 5. The molecule has 1 aliphatic heterocycles. The molecule has 0 aliphatic carbocycles. The summed E-state index contributed by atoms with van der Waals surface area (Å²) in [5.74, 6) is -1.31. The molecule has 3 aromatic carbocycles. The van der Waals surface area contributed by atoms with Crippen LogP contribution in [0.3, 0.4) is 0 Å². The summed E-state index contributed by atoms with van der Waals surface area (Å²) < 4.78 is 15.0. The van der Waals surface area contributed by atoms with Crippen LogP contribution in [-0.2, 0) is 11.3 Å². The van der Waals surface area contributed by atoms with Gasteiger partial charge >= 0.3 is 0 Å². The number of H-pyrrole nitrogens is 2. The Morgan fingerprint density at radius 3 is 2.54 bits per heavy atom. The topological polar surface area (TPSA) is 132 Å². The SMILES string of the molecule is O=C(N[C@@H]1N=C(c2ccccc2F)c2ccccc2N(Cc2nn[nH]n2)C1=O)c1cc2ccccc2[nH]1. The van der Waals surface area contributed by atoms with Gasteiger partial charge in [0, 0.05) is 22.0 Å². The maximum atomic E-state index is 15.0. The van der Waals surface area contributed by atoms with Gasteiger partial charge in [0.25, 0.3) is 11.8 Å². The van der Waals surface area contributed by atoms with Gasteiger partial charge in [-0.15, -0.1) is 10.2 Å². The molecule has 0 fully saturated rings. The molecule has 10 nitrogen and oxygen atoms in total. The number of nitrogens with one attached hydrogen (secondary N) is 3. The number of amides is 2. The van der Waals surface area contributed by atoms with E-state index in [1.54, 1.807) is 48.5 Å². The van der Waals surface area contributed by atoms with E-state index in [9.17, 15) is 14.0 Å². The molecule has 3 N–H and O–H groups in total. The first kappa shape index (κ1) is 22.3. The second kappa shape index (κ2) is 9.11. The van der Waals surface area contributed by atoms with Gasteiger partial charge in [0.1, 0.15) is 11.5 Å². The van der Waals surface area contributed by atoms with Crippen molar-refractivity contribution in [2.45, 2.75) is 12.7 Å². The van der Waals surface area contributed by atoms with Crippen LogP contribution in [0, 0.1) is 5.82 Å². The molecule has 0 unspecified atom stereocenters. The summed E-state index contributed by atoms with van der Waals surface area (Å²) in [6.07, 6.45) is -1.35. The minimum absolute atomic E-state index is 0.0365. The largest absolute Gasteiger partial charge is 0.351 e. The zero-order chi connectivity index (χ0) is 25.4. The molecule has 0 saturated carbocycles. The third kappa shape index (κ3) is 4.12. The fourth-order valence-electron chi connectivity index (χ4n) is 4.34. The monoisotopic (exact) mass is 494 g/mol. The van der Waals surface area contributed by atoms with Gasteiger partial charge in [-0.1, -0.05) is 53.7 Å². The number of carbonyl (C=O) groups excluding carboxylic acids is 2. The number of benzodiazepines with no additional fused rings is 1. The van der Waals surface area contributed by atoms with E-state index < -0.39 is 23.8 Å². The lowest BCUT2D eigenvalue weighted by molar-refractivity contribution is -0.120. The van der Waals surface area contributed by atoms with Crippen LogP contribution in [-0.4, -0.2) is 49.3 Å². The number of aliphatic imine (C=N–C) groups is 1. The van der Waals surface area contributed by atoms with Crippen molar-refractivity contribution < 1.29 is 14.0 Å². The first-order valence-electron chi connectivity index (χ1n) is 11.4. The maximum absolute atomic E-state index is 15.0. The molecule has 0 bridgehead atoms. The standard InChI is InChI=1S/C26H19FN8O2/c27-18-10-4-2-8-16(18)23-17-9-3-6-12-21(17)35(14-22-31-33-34-32-22)26(37)24(29-23)30-25(36)20-13-15-7-1-5-11-19(15)28-20/h1-13,24,28H,14H2,(H,30,36)(H,31,32,33,34)/t24-/m0/s1. The van der Waals surface area contributed by atoms with Crippen LogP contribution in [0.4, 0.5) is 10.1 Å². The summed E-state index contributed by atoms with van der Waals surface area (Å²) in [4.78, 5) is 36.2. The van der Waals surface area contributed by atoms with Crippen LogP contribution in [0.2, 0.25) is 0 Å². The van der Waals surface area contributed by atoms with E-state index in [1.807, 2.05) is 24.3 Å². The van der Waals surface area contributed by atoms with Crippen LogP contribution in [0.15, 0.2) is 83.9 Å². The van der Waals surface area contributed by atoms with Gasteiger partial charge in [0.2, 0.25) is 6.17 Å². The highest BCUT2D eigenvalue weighted by atomic mass is 19.1. The molecule has 1 aliphatic rings. The molecule has 6 rings (SSSR count). The molecule has 5 aromatic rings. The highest BCUT2D eigenvalue weighted by Gasteiger charge is 2.34. The van der Waals surface area contributed by atoms with Crippen LogP contribution in [0.1, 0.15) is 27.4 Å². The Morgan fingerprint density at radius 1 is 1.00 bits per heavy atom. The van der Waals surface area contributed by atoms with Crippen LogP contribution in [0.25, 0.3) is 10.9 Å². The molecule has 1 atom stereocenters. The number of aromatic nitrogens is 5. The van der Waals surface area contributed by atoms with E-state index in [4.69, 9.17) is 0 Å². The van der Waals surface area contributed by atoms with Gasteiger partial charge in [-0.2, -0.15) is 5.21 Å². The molecule has 0 spiro atoms. The molecule has 182 valence electrons. The van der Waals surface area contributed by atoms with Gasteiger partial charge in [-0.25, -0.2) is 9.38 Å². The van der Waals surface area contributed by atoms with Gasteiger partial charge in [-0.05, 0) is 30.3 Å². The number of hydrogen-bond acceptors (Lipinski definition) is 6. The number of halogens is 1. The van der Waals surface area contributed by atoms with E-state index in [-0.39, 0.29) is 29.3 Å². The van der Waals surface area contributed by atoms with E-state index in [1.165, 1.54) is 11.0 Å². The lowest BCUT2D eigenvalue weighted by Crippen LogP contribution is -2.47. The third-order valence-corrected chi connectivity index (χ3v) is 6.07. The minimum atomic E-state index is -1.35. The molecule has 0 saturated heterocycles. The summed E-state index contributed by atoms with van der Waals surface area (Å²) in [6, 6.07) is 22.3. The van der Waals surface area contributed by atoms with Crippen molar-refractivity contribution in [3.05, 3.63) is 107 Å². The molecular weight excluding hydrogens is 475 g/mol. The summed E-state index contributed by atoms with van der Waals surface area (Å²) >= 11 is 0. The summed E-state index contributed by atoms with van der Waals surface area (Å²) in [7, 11) is 0. The normalized spacial score (nSPS) is 15.3. The lowest BCUT2D eigenvalue weighted by Gasteiger charge is -2.24. The molecule has 3 heterocycles. The Balaban J connectivity index is 1.46. The van der Waals surface area contributed by atoms with Crippen molar-refractivity contribution in [1.29, 1.82) is 0 Å². The third-order valence-electron chi connectivity index (χ3n) is 6.07. The Kier molecular flexibility index (Phi) is 5.49. The Hall–Kier alpha value is -5.19. The summed E-state index contributed by atoms with van der Waals surface area (Å²) in [5, 5.41) is 17.4. The van der Waals surface area contributed by atoms with Crippen molar-refractivity contribution in [3.63, 3.8) is 0 Å². The van der Waals surface area contributed by atoms with E-state index >= 15 is 0 Å². The van der Waals surface area contributed by atoms with Crippen molar-refractivity contribution in [3.8, 4) is 0 Å². The van der Waals surface area contributed by atoms with Crippen LogP contribution in [0.5, 0.6) is 0 Å². The number of anilines is 1. The number of para-hydroxylation sites is 2. The first-order chi connectivity index (χ1) is 18.1. The molecular formula is C26H19FN8O2. The molecule has 11 heteroatoms. The second-order valence-electron chi connectivity index (χ2n) is 8.37. The van der Waals surface area contributed by atoms with E-state index in [0.29, 0.717) is 11.3 Å². The first-order valence-corrected chi connectivity index (χ1v) is 11.4. The van der Waals surface area contributed by atoms with Crippen LogP contribution < -0.4 is 10.2 Å². The average molecular weight is 494 g/mol. The molecule has 2 aromatic heterocycles. The summed E-state index contributed by atoms with van der Waals surface area (Å²) in [5.41, 5.74) is 2.48.